The van der Waals surface area contributed by atoms with E-state index in [9.17, 15) is 5.11 Å². The number of para-hydroxylation sites is 1. The predicted octanol–water partition coefficient (Wildman–Crippen LogP) is 4.49. The average Bonchev–Trinajstić information content (AvgIpc) is 3.21. The largest absolute Gasteiger partial charge is 0.497 e. The lowest BCUT2D eigenvalue weighted by atomic mass is 10.2. The number of furan rings is 1. The van der Waals surface area contributed by atoms with Gasteiger partial charge in [0.2, 0.25) is 0 Å². The van der Waals surface area contributed by atoms with Gasteiger partial charge < -0.3 is 19.0 Å². The zero-order chi connectivity index (χ0) is 19.8. The molecule has 1 atom stereocenters. The lowest BCUT2D eigenvalue weighted by Gasteiger charge is -2.24. The SMILES string of the molecule is COc1ccc(CN(Cc2ccco2)CC(O)COc2ccccc2Br)cc1. The van der Waals surface area contributed by atoms with Crippen molar-refractivity contribution in [1.29, 1.82) is 0 Å². The van der Waals surface area contributed by atoms with E-state index in [-0.39, 0.29) is 6.61 Å². The number of halogens is 1. The summed E-state index contributed by atoms with van der Waals surface area (Å²) < 4.78 is 17.3. The first-order valence-electron chi connectivity index (χ1n) is 9.07. The van der Waals surface area contributed by atoms with Crippen molar-refractivity contribution in [2.75, 3.05) is 20.3 Å². The van der Waals surface area contributed by atoms with Gasteiger partial charge in [0.05, 0.1) is 24.4 Å². The molecule has 1 N–H and O–H groups in total. The third-order valence-corrected chi connectivity index (χ3v) is 4.92. The molecule has 2 aromatic carbocycles. The molecule has 3 aromatic rings. The Morgan fingerprint density at radius 1 is 1.04 bits per heavy atom. The first-order valence-corrected chi connectivity index (χ1v) is 9.86. The van der Waals surface area contributed by atoms with Crippen LogP contribution < -0.4 is 9.47 Å². The number of rotatable bonds is 10. The number of benzene rings is 2. The average molecular weight is 446 g/mol. The fourth-order valence-corrected chi connectivity index (χ4v) is 3.29. The van der Waals surface area contributed by atoms with Gasteiger partial charge >= 0.3 is 0 Å². The van der Waals surface area contributed by atoms with E-state index in [1.54, 1.807) is 13.4 Å². The standard InChI is InChI=1S/C22H24BrNO4/c1-26-19-10-8-17(9-11-19)13-24(15-20-5-4-12-27-20)14-18(25)16-28-22-7-3-2-6-21(22)23/h2-12,18,25H,13-16H2,1H3. The van der Waals surface area contributed by atoms with Gasteiger partial charge in [0.15, 0.2) is 0 Å². The summed E-state index contributed by atoms with van der Waals surface area (Å²) in [4.78, 5) is 2.13. The Kier molecular flexibility index (Phi) is 7.54. The number of nitrogens with zero attached hydrogens (tertiary/aromatic N) is 1. The van der Waals surface area contributed by atoms with Crippen LogP contribution in [0.1, 0.15) is 11.3 Å². The molecule has 148 valence electrons. The molecule has 0 radical (unpaired) electrons. The Labute approximate surface area is 173 Å². The summed E-state index contributed by atoms with van der Waals surface area (Å²) in [5.74, 6) is 2.39. The van der Waals surface area contributed by atoms with E-state index in [0.717, 1.165) is 21.5 Å². The predicted molar refractivity (Wildman–Crippen MR) is 111 cm³/mol. The van der Waals surface area contributed by atoms with E-state index in [1.165, 1.54) is 0 Å². The van der Waals surface area contributed by atoms with Crippen LogP contribution in [-0.4, -0.2) is 36.4 Å². The molecule has 0 saturated carbocycles. The van der Waals surface area contributed by atoms with Gasteiger partial charge in [-0.1, -0.05) is 24.3 Å². The highest BCUT2D eigenvalue weighted by Gasteiger charge is 2.15. The fraction of sp³-hybridized carbons (Fsp3) is 0.273. The van der Waals surface area contributed by atoms with Crippen molar-refractivity contribution >= 4 is 15.9 Å². The minimum absolute atomic E-state index is 0.208. The molecule has 3 rings (SSSR count). The molecule has 0 spiro atoms. The number of methoxy groups -OCH3 is 1. The zero-order valence-electron chi connectivity index (χ0n) is 15.8. The maximum absolute atomic E-state index is 10.5. The van der Waals surface area contributed by atoms with Crippen LogP contribution in [-0.2, 0) is 13.1 Å². The lowest BCUT2D eigenvalue weighted by Crippen LogP contribution is -2.35. The van der Waals surface area contributed by atoms with E-state index >= 15 is 0 Å². The molecule has 6 heteroatoms. The molecule has 28 heavy (non-hydrogen) atoms. The summed E-state index contributed by atoms with van der Waals surface area (Å²) in [5, 5.41) is 10.5. The van der Waals surface area contributed by atoms with Crippen LogP contribution in [0.5, 0.6) is 11.5 Å². The molecular formula is C22H24BrNO4. The summed E-state index contributed by atoms with van der Waals surface area (Å²) in [6.07, 6.45) is 1.02. The lowest BCUT2D eigenvalue weighted by molar-refractivity contribution is 0.0602. The Morgan fingerprint density at radius 2 is 1.82 bits per heavy atom. The summed E-state index contributed by atoms with van der Waals surface area (Å²) >= 11 is 3.45. The third kappa shape index (κ3) is 6.12. The number of aliphatic hydroxyl groups excluding tert-OH is 1. The van der Waals surface area contributed by atoms with Gasteiger partial charge in [0, 0.05) is 13.1 Å². The van der Waals surface area contributed by atoms with Crippen LogP contribution in [0.25, 0.3) is 0 Å². The van der Waals surface area contributed by atoms with Gasteiger partial charge in [-0.25, -0.2) is 0 Å². The second-order valence-electron chi connectivity index (χ2n) is 6.49. The van der Waals surface area contributed by atoms with Gasteiger partial charge in [-0.2, -0.15) is 0 Å². The zero-order valence-corrected chi connectivity index (χ0v) is 17.3. The maximum atomic E-state index is 10.5. The Morgan fingerprint density at radius 3 is 2.50 bits per heavy atom. The fourth-order valence-electron chi connectivity index (χ4n) is 2.90. The Hall–Kier alpha value is -2.28. The highest BCUT2D eigenvalue weighted by Crippen LogP contribution is 2.24. The van der Waals surface area contributed by atoms with E-state index in [0.29, 0.717) is 25.4 Å². The maximum Gasteiger partial charge on any atom is 0.133 e. The van der Waals surface area contributed by atoms with Gasteiger partial charge in [0.25, 0.3) is 0 Å². The Balaban J connectivity index is 1.61. The molecule has 0 aliphatic rings. The topological polar surface area (TPSA) is 55.1 Å². The second-order valence-corrected chi connectivity index (χ2v) is 7.35. The van der Waals surface area contributed by atoms with Crippen molar-refractivity contribution < 1.29 is 19.0 Å². The number of hydrogen-bond donors (Lipinski definition) is 1. The monoisotopic (exact) mass is 445 g/mol. The Bertz CT molecular complexity index is 836. The molecule has 0 amide bonds. The summed E-state index contributed by atoms with van der Waals surface area (Å²) in [6.45, 7) is 1.94. The molecule has 0 saturated heterocycles. The minimum atomic E-state index is -0.639. The van der Waals surface area contributed by atoms with Crippen molar-refractivity contribution in [2.45, 2.75) is 19.2 Å². The molecule has 5 nitrogen and oxygen atoms in total. The molecule has 0 bridgehead atoms. The smallest absolute Gasteiger partial charge is 0.133 e. The van der Waals surface area contributed by atoms with Crippen LogP contribution in [0.4, 0.5) is 0 Å². The van der Waals surface area contributed by atoms with Gasteiger partial charge in [-0.15, -0.1) is 0 Å². The van der Waals surface area contributed by atoms with Crippen LogP contribution in [0.2, 0.25) is 0 Å². The van der Waals surface area contributed by atoms with E-state index in [1.807, 2.05) is 60.7 Å². The van der Waals surface area contributed by atoms with Crippen molar-refractivity contribution in [1.82, 2.24) is 4.90 Å². The van der Waals surface area contributed by atoms with E-state index < -0.39 is 6.10 Å². The minimum Gasteiger partial charge on any atom is -0.497 e. The highest BCUT2D eigenvalue weighted by atomic mass is 79.9. The summed E-state index contributed by atoms with van der Waals surface area (Å²) in [5.41, 5.74) is 1.13. The van der Waals surface area contributed by atoms with Crippen LogP contribution in [0.15, 0.2) is 75.8 Å². The number of hydrogen-bond acceptors (Lipinski definition) is 5. The van der Waals surface area contributed by atoms with E-state index in [4.69, 9.17) is 13.9 Å². The van der Waals surface area contributed by atoms with Crippen LogP contribution in [0.3, 0.4) is 0 Å². The molecule has 0 aliphatic carbocycles. The van der Waals surface area contributed by atoms with Crippen LogP contribution >= 0.6 is 15.9 Å². The van der Waals surface area contributed by atoms with Crippen molar-refractivity contribution in [3.63, 3.8) is 0 Å². The van der Waals surface area contributed by atoms with Gasteiger partial charge in [-0.05, 0) is 57.9 Å². The van der Waals surface area contributed by atoms with Gasteiger partial charge in [0.1, 0.15) is 30.0 Å². The number of aliphatic hydroxyl groups is 1. The summed E-state index contributed by atoms with van der Waals surface area (Å²) in [6, 6.07) is 19.3. The second kappa shape index (κ2) is 10.3. The first-order chi connectivity index (χ1) is 13.6. The normalized spacial score (nSPS) is 12.1. The van der Waals surface area contributed by atoms with Crippen LogP contribution in [0, 0.1) is 0 Å². The molecule has 1 aromatic heterocycles. The van der Waals surface area contributed by atoms with Gasteiger partial charge in [-0.3, -0.25) is 4.90 Å². The van der Waals surface area contributed by atoms with Crippen molar-refractivity contribution in [2.24, 2.45) is 0 Å². The van der Waals surface area contributed by atoms with Crippen molar-refractivity contribution in [3.8, 4) is 11.5 Å². The number of ether oxygens (including phenoxy) is 2. The highest BCUT2D eigenvalue weighted by molar-refractivity contribution is 9.10. The van der Waals surface area contributed by atoms with Crippen molar-refractivity contribution in [3.05, 3.63) is 82.7 Å². The summed E-state index contributed by atoms with van der Waals surface area (Å²) in [7, 11) is 1.65. The molecule has 0 fully saturated rings. The third-order valence-electron chi connectivity index (χ3n) is 4.26. The van der Waals surface area contributed by atoms with E-state index in [2.05, 4.69) is 20.8 Å². The molecule has 1 heterocycles. The molecular weight excluding hydrogens is 422 g/mol. The first kappa shape index (κ1) is 20.5. The molecule has 0 aliphatic heterocycles. The quantitative estimate of drug-likeness (QED) is 0.497. The molecule has 1 unspecified atom stereocenters.